The summed E-state index contributed by atoms with van der Waals surface area (Å²) in [6.07, 6.45) is 8.08. The summed E-state index contributed by atoms with van der Waals surface area (Å²) in [5, 5.41) is 0. The Balaban J connectivity index is 1.60. The van der Waals surface area contributed by atoms with Crippen LogP contribution in [0.2, 0.25) is 0 Å². The zero-order valence-corrected chi connectivity index (χ0v) is 18.4. The molecule has 0 spiro atoms. The van der Waals surface area contributed by atoms with E-state index in [-0.39, 0.29) is 42.8 Å². The molecule has 6 nitrogen and oxygen atoms in total. The monoisotopic (exact) mass is 418 g/mol. The van der Waals surface area contributed by atoms with E-state index in [2.05, 4.69) is 20.8 Å². The van der Waals surface area contributed by atoms with Crippen molar-refractivity contribution in [2.24, 2.45) is 0 Å². The second-order valence-electron chi connectivity index (χ2n) is 9.28. The molecule has 2 saturated carbocycles. The van der Waals surface area contributed by atoms with E-state index < -0.39 is 0 Å². The molecule has 6 heteroatoms. The van der Waals surface area contributed by atoms with Crippen LogP contribution in [-0.4, -0.2) is 37.4 Å². The van der Waals surface area contributed by atoms with Crippen molar-refractivity contribution in [3.05, 3.63) is 23.8 Å². The molecule has 0 radical (unpaired) electrons. The third-order valence-corrected chi connectivity index (χ3v) is 5.70. The summed E-state index contributed by atoms with van der Waals surface area (Å²) in [7, 11) is 0. The number of carbonyl (C=O) groups excluding carboxylic acids is 2. The van der Waals surface area contributed by atoms with Crippen LogP contribution in [0.4, 0.5) is 0 Å². The van der Waals surface area contributed by atoms with Gasteiger partial charge in [0.15, 0.2) is 24.7 Å². The Morgan fingerprint density at radius 3 is 1.73 bits per heavy atom. The second kappa shape index (κ2) is 10.2. The van der Waals surface area contributed by atoms with Gasteiger partial charge >= 0.3 is 11.9 Å². The fourth-order valence-corrected chi connectivity index (χ4v) is 3.93. The number of ether oxygens (including phenoxy) is 4. The standard InChI is InChI=1S/C24H34O6/c1-24(2,3)17-12-13-20(27-15-22(25)29-18-8-4-5-9-18)21(14-17)28-16-23(26)30-19-10-6-7-11-19/h12-14,18-19H,4-11,15-16H2,1-3H3. The second-order valence-corrected chi connectivity index (χ2v) is 9.28. The van der Waals surface area contributed by atoms with Crippen molar-refractivity contribution in [1.82, 2.24) is 0 Å². The topological polar surface area (TPSA) is 71.1 Å². The molecule has 0 N–H and O–H groups in total. The zero-order valence-electron chi connectivity index (χ0n) is 18.4. The largest absolute Gasteiger partial charge is 0.478 e. The lowest BCUT2D eigenvalue weighted by molar-refractivity contribution is -0.152. The fourth-order valence-electron chi connectivity index (χ4n) is 3.93. The Bertz CT molecular complexity index is 724. The lowest BCUT2D eigenvalue weighted by atomic mass is 9.87. The van der Waals surface area contributed by atoms with Gasteiger partial charge in [0, 0.05) is 0 Å². The number of esters is 2. The molecule has 0 unspecified atom stereocenters. The van der Waals surface area contributed by atoms with Gasteiger partial charge in [-0.1, -0.05) is 26.8 Å². The minimum atomic E-state index is -0.381. The van der Waals surface area contributed by atoms with Gasteiger partial charge in [-0.05, 0) is 74.5 Å². The lowest BCUT2D eigenvalue weighted by Gasteiger charge is -2.21. The summed E-state index contributed by atoms with van der Waals surface area (Å²) in [6.45, 7) is 5.92. The van der Waals surface area contributed by atoms with Crippen LogP contribution < -0.4 is 9.47 Å². The Hall–Kier alpha value is -2.24. The minimum absolute atomic E-state index is 0.00286. The first kappa shape index (κ1) is 22.4. The molecule has 1 aromatic carbocycles. The van der Waals surface area contributed by atoms with Crippen LogP contribution in [0.25, 0.3) is 0 Å². The van der Waals surface area contributed by atoms with Gasteiger partial charge in [0.05, 0.1) is 0 Å². The summed E-state index contributed by atoms with van der Waals surface area (Å²) in [5.41, 5.74) is 0.949. The molecule has 0 aromatic heterocycles. The number of carbonyl (C=O) groups is 2. The van der Waals surface area contributed by atoms with Gasteiger partial charge in [-0.15, -0.1) is 0 Å². The van der Waals surface area contributed by atoms with Gasteiger partial charge in [-0.2, -0.15) is 0 Å². The Morgan fingerprint density at radius 1 is 0.800 bits per heavy atom. The summed E-state index contributed by atoms with van der Waals surface area (Å²) < 4.78 is 22.4. The molecule has 2 aliphatic rings. The quantitative estimate of drug-likeness (QED) is 0.569. The predicted molar refractivity (Wildman–Crippen MR) is 113 cm³/mol. The van der Waals surface area contributed by atoms with Gasteiger partial charge in [0.1, 0.15) is 12.2 Å². The van der Waals surface area contributed by atoms with Crippen LogP contribution in [0.15, 0.2) is 18.2 Å². The van der Waals surface area contributed by atoms with Crippen LogP contribution in [0.1, 0.15) is 77.7 Å². The molecular formula is C24H34O6. The van der Waals surface area contributed by atoms with Crippen LogP contribution in [-0.2, 0) is 24.5 Å². The highest BCUT2D eigenvalue weighted by atomic mass is 16.6. The third-order valence-electron chi connectivity index (χ3n) is 5.70. The number of hydrogen-bond donors (Lipinski definition) is 0. The number of hydrogen-bond acceptors (Lipinski definition) is 6. The summed E-state index contributed by atoms with van der Waals surface area (Å²) in [5.74, 6) is 0.0857. The maximum Gasteiger partial charge on any atom is 0.344 e. The first-order valence-corrected chi connectivity index (χ1v) is 11.1. The van der Waals surface area contributed by atoms with Crippen molar-refractivity contribution in [3.63, 3.8) is 0 Å². The Labute approximate surface area is 179 Å². The molecule has 0 amide bonds. The van der Waals surface area contributed by atoms with Crippen molar-refractivity contribution in [1.29, 1.82) is 0 Å². The molecule has 0 atom stereocenters. The molecule has 2 fully saturated rings. The Kier molecular flexibility index (Phi) is 7.62. The molecule has 0 aliphatic heterocycles. The molecule has 0 bridgehead atoms. The summed E-state index contributed by atoms with van der Waals surface area (Å²) in [4.78, 5) is 24.3. The molecular weight excluding hydrogens is 384 g/mol. The first-order chi connectivity index (χ1) is 14.3. The van der Waals surface area contributed by atoms with Crippen molar-refractivity contribution < 1.29 is 28.5 Å². The number of rotatable bonds is 8. The normalized spacial score (nSPS) is 17.7. The zero-order chi connectivity index (χ0) is 21.6. The maximum absolute atomic E-state index is 12.2. The van der Waals surface area contributed by atoms with Crippen LogP contribution >= 0.6 is 0 Å². The summed E-state index contributed by atoms with van der Waals surface area (Å²) in [6, 6.07) is 5.59. The molecule has 0 heterocycles. The fraction of sp³-hybridized carbons (Fsp3) is 0.667. The highest BCUT2D eigenvalue weighted by Gasteiger charge is 2.22. The van der Waals surface area contributed by atoms with Crippen molar-refractivity contribution in [3.8, 4) is 11.5 Å². The first-order valence-electron chi connectivity index (χ1n) is 11.1. The van der Waals surface area contributed by atoms with E-state index in [1.165, 1.54) is 0 Å². The average Bonchev–Trinajstić information content (AvgIpc) is 3.38. The minimum Gasteiger partial charge on any atom is -0.478 e. The highest BCUT2D eigenvalue weighted by molar-refractivity contribution is 5.72. The SMILES string of the molecule is CC(C)(C)c1ccc(OCC(=O)OC2CCCC2)c(OCC(=O)OC2CCCC2)c1. The van der Waals surface area contributed by atoms with Gasteiger partial charge in [-0.3, -0.25) is 0 Å². The molecule has 3 rings (SSSR count). The van der Waals surface area contributed by atoms with Gasteiger partial charge in [-0.25, -0.2) is 9.59 Å². The molecule has 30 heavy (non-hydrogen) atoms. The van der Waals surface area contributed by atoms with E-state index in [1.54, 1.807) is 6.07 Å². The Morgan fingerprint density at radius 2 is 1.27 bits per heavy atom. The number of benzene rings is 1. The average molecular weight is 419 g/mol. The van der Waals surface area contributed by atoms with Gasteiger partial charge in [0.2, 0.25) is 0 Å². The van der Waals surface area contributed by atoms with E-state index in [1.807, 2.05) is 12.1 Å². The lowest BCUT2D eigenvalue weighted by Crippen LogP contribution is -2.22. The maximum atomic E-state index is 12.2. The van der Waals surface area contributed by atoms with Crippen LogP contribution in [0.3, 0.4) is 0 Å². The van der Waals surface area contributed by atoms with Crippen molar-refractivity contribution in [2.45, 2.75) is 89.8 Å². The molecule has 0 saturated heterocycles. The molecule has 2 aliphatic carbocycles. The van der Waals surface area contributed by atoms with E-state index in [0.29, 0.717) is 11.5 Å². The van der Waals surface area contributed by atoms with E-state index in [4.69, 9.17) is 18.9 Å². The van der Waals surface area contributed by atoms with Gasteiger partial charge in [0.25, 0.3) is 0 Å². The van der Waals surface area contributed by atoms with Crippen molar-refractivity contribution >= 4 is 11.9 Å². The van der Waals surface area contributed by atoms with E-state index in [0.717, 1.165) is 56.9 Å². The predicted octanol–water partition coefficient (Wildman–Crippen LogP) is 4.71. The van der Waals surface area contributed by atoms with Gasteiger partial charge < -0.3 is 18.9 Å². The summed E-state index contributed by atoms with van der Waals surface area (Å²) >= 11 is 0. The molecule has 166 valence electrons. The highest BCUT2D eigenvalue weighted by Crippen LogP contribution is 2.33. The molecule has 1 aromatic rings. The van der Waals surface area contributed by atoms with E-state index >= 15 is 0 Å². The van der Waals surface area contributed by atoms with Crippen molar-refractivity contribution in [2.75, 3.05) is 13.2 Å². The van der Waals surface area contributed by atoms with Crippen LogP contribution in [0, 0.1) is 0 Å². The third kappa shape index (κ3) is 6.64. The van der Waals surface area contributed by atoms with Crippen LogP contribution in [0.5, 0.6) is 11.5 Å². The smallest absolute Gasteiger partial charge is 0.344 e. The van der Waals surface area contributed by atoms with E-state index in [9.17, 15) is 9.59 Å².